The number of rotatable bonds is 6. The van der Waals surface area contributed by atoms with Gasteiger partial charge in [-0.25, -0.2) is 0 Å². The molecule has 0 aliphatic rings. The van der Waals surface area contributed by atoms with Crippen molar-refractivity contribution in [3.63, 3.8) is 0 Å². The third-order valence-electron chi connectivity index (χ3n) is 3.18. The molecule has 0 saturated carbocycles. The zero-order chi connectivity index (χ0) is 12.1. The van der Waals surface area contributed by atoms with Crippen molar-refractivity contribution in [1.82, 2.24) is 15.1 Å². The van der Waals surface area contributed by atoms with Gasteiger partial charge in [-0.05, 0) is 31.9 Å². The van der Waals surface area contributed by atoms with Crippen molar-refractivity contribution >= 4 is 0 Å². The van der Waals surface area contributed by atoms with E-state index in [-0.39, 0.29) is 0 Å². The predicted octanol–water partition coefficient (Wildman–Crippen LogP) is 2.82. The van der Waals surface area contributed by atoms with Gasteiger partial charge in [0.1, 0.15) is 0 Å². The summed E-state index contributed by atoms with van der Waals surface area (Å²) < 4.78 is 2.00. The fourth-order valence-electron chi connectivity index (χ4n) is 2.08. The topological polar surface area (TPSA) is 29.9 Å². The van der Waals surface area contributed by atoms with Gasteiger partial charge in [-0.3, -0.25) is 4.68 Å². The van der Waals surface area contributed by atoms with Gasteiger partial charge in [-0.15, -0.1) is 0 Å². The lowest BCUT2D eigenvalue weighted by Crippen LogP contribution is -2.25. The first-order chi connectivity index (χ1) is 7.58. The van der Waals surface area contributed by atoms with Crippen molar-refractivity contribution in [2.24, 2.45) is 13.0 Å². The number of nitrogens with zero attached hydrogens (tertiary/aromatic N) is 2. The molecule has 2 unspecified atom stereocenters. The largest absolute Gasteiger partial charge is 0.309 e. The molecule has 16 heavy (non-hydrogen) atoms. The summed E-state index contributed by atoms with van der Waals surface area (Å²) in [7, 11) is 2.03. The van der Waals surface area contributed by atoms with Crippen LogP contribution in [-0.2, 0) is 7.05 Å². The highest BCUT2D eigenvalue weighted by Gasteiger charge is 2.17. The van der Waals surface area contributed by atoms with Crippen LogP contribution in [0.5, 0.6) is 0 Å². The fourth-order valence-corrected chi connectivity index (χ4v) is 2.08. The average molecular weight is 223 g/mol. The molecule has 3 heteroatoms. The minimum absolute atomic E-state index is 0.436. The van der Waals surface area contributed by atoms with E-state index in [1.165, 1.54) is 18.5 Å². The smallest absolute Gasteiger partial charge is 0.0597 e. The zero-order valence-electron chi connectivity index (χ0n) is 11.2. The first-order valence-corrected chi connectivity index (χ1v) is 6.32. The highest BCUT2D eigenvalue weighted by atomic mass is 15.3. The van der Waals surface area contributed by atoms with E-state index in [1.54, 1.807) is 0 Å². The molecule has 2 atom stereocenters. The van der Waals surface area contributed by atoms with Crippen molar-refractivity contribution in [1.29, 1.82) is 0 Å². The third kappa shape index (κ3) is 3.34. The van der Waals surface area contributed by atoms with E-state index in [1.807, 2.05) is 11.7 Å². The molecular formula is C13H25N3. The summed E-state index contributed by atoms with van der Waals surface area (Å²) in [5, 5.41) is 7.98. The number of hydrogen-bond donors (Lipinski definition) is 1. The quantitative estimate of drug-likeness (QED) is 0.803. The van der Waals surface area contributed by atoms with E-state index in [0.29, 0.717) is 6.04 Å². The van der Waals surface area contributed by atoms with Gasteiger partial charge in [0.25, 0.3) is 0 Å². The van der Waals surface area contributed by atoms with E-state index in [2.05, 4.69) is 44.2 Å². The SMILES string of the molecule is CCNC(CC(C)CC)c1cc(C)nn1C. The van der Waals surface area contributed by atoms with Crippen LogP contribution in [0.2, 0.25) is 0 Å². The van der Waals surface area contributed by atoms with E-state index in [9.17, 15) is 0 Å². The molecule has 0 bridgehead atoms. The Morgan fingerprint density at radius 2 is 2.12 bits per heavy atom. The molecule has 0 amide bonds. The molecule has 92 valence electrons. The molecule has 1 rings (SSSR count). The van der Waals surface area contributed by atoms with Gasteiger partial charge in [0.05, 0.1) is 11.4 Å². The second kappa shape index (κ2) is 6.04. The highest BCUT2D eigenvalue weighted by molar-refractivity contribution is 5.13. The summed E-state index contributed by atoms with van der Waals surface area (Å²) in [4.78, 5) is 0. The Bertz CT molecular complexity index is 317. The van der Waals surface area contributed by atoms with E-state index in [4.69, 9.17) is 0 Å². The van der Waals surface area contributed by atoms with Crippen LogP contribution in [-0.4, -0.2) is 16.3 Å². The molecule has 1 aromatic heterocycles. The van der Waals surface area contributed by atoms with Crippen molar-refractivity contribution < 1.29 is 0 Å². The number of aryl methyl sites for hydroxylation is 2. The molecule has 1 heterocycles. The molecular weight excluding hydrogens is 198 g/mol. The lowest BCUT2D eigenvalue weighted by Gasteiger charge is -2.21. The summed E-state index contributed by atoms with van der Waals surface area (Å²) in [6.07, 6.45) is 2.42. The predicted molar refractivity (Wildman–Crippen MR) is 68.4 cm³/mol. The molecule has 0 saturated heterocycles. The van der Waals surface area contributed by atoms with Gasteiger partial charge in [0.15, 0.2) is 0 Å². The first kappa shape index (κ1) is 13.2. The maximum absolute atomic E-state index is 4.42. The van der Waals surface area contributed by atoms with Gasteiger partial charge >= 0.3 is 0 Å². The van der Waals surface area contributed by atoms with Crippen LogP contribution in [0, 0.1) is 12.8 Å². The summed E-state index contributed by atoms with van der Waals surface area (Å²) >= 11 is 0. The lowest BCUT2D eigenvalue weighted by molar-refractivity contribution is 0.392. The highest BCUT2D eigenvalue weighted by Crippen LogP contribution is 2.23. The summed E-state index contributed by atoms with van der Waals surface area (Å²) in [5.74, 6) is 0.749. The summed E-state index contributed by atoms with van der Waals surface area (Å²) in [6.45, 7) is 9.78. The average Bonchev–Trinajstić information content (AvgIpc) is 2.57. The molecule has 3 nitrogen and oxygen atoms in total. The molecule has 0 fully saturated rings. The van der Waals surface area contributed by atoms with Gasteiger partial charge in [0.2, 0.25) is 0 Å². The van der Waals surface area contributed by atoms with E-state index < -0.39 is 0 Å². The van der Waals surface area contributed by atoms with Crippen molar-refractivity contribution in [2.75, 3.05) is 6.54 Å². The number of hydrogen-bond acceptors (Lipinski definition) is 2. The molecule has 0 aromatic carbocycles. The van der Waals surface area contributed by atoms with Crippen molar-refractivity contribution in [2.45, 2.75) is 46.6 Å². The second-order valence-corrected chi connectivity index (χ2v) is 4.69. The monoisotopic (exact) mass is 223 g/mol. The number of aromatic nitrogens is 2. The van der Waals surface area contributed by atoms with Crippen LogP contribution in [0.3, 0.4) is 0 Å². The Morgan fingerprint density at radius 1 is 1.44 bits per heavy atom. The second-order valence-electron chi connectivity index (χ2n) is 4.69. The van der Waals surface area contributed by atoms with Gasteiger partial charge in [0, 0.05) is 13.1 Å². The Kier molecular flexibility index (Phi) is 5.00. The van der Waals surface area contributed by atoms with Gasteiger partial charge < -0.3 is 5.32 Å². The minimum atomic E-state index is 0.436. The minimum Gasteiger partial charge on any atom is -0.309 e. The Morgan fingerprint density at radius 3 is 2.56 bits per heavy atom. The van der Waals surface area contributed by atoms with Crippen molar-refractivity contribution in [3.05, 3.63) is 17.5 Å². The van der Waals surface area contributed by atoms with Crippen LogP contribution in [0.4, 0.5) is 0 Å². The Labute approximate surface area is 99.2 Å². The normalized spacial score (nSPS) is 15.1. The zero-order valence-corrected chi connectivity index (χ0v) is 11.2. The fraction of sp³-hybridized carbons (Fsp3) is 0.769. The van der Waals surface area contributed by atoms with E-state index >= 15 is 0 Å². The number of nitrogens with one attached hydrogen (secondary N) is 1. The van der Waals surface area contributed by atoms with Crippen LogP contribution >= 0.6 is 0 Å². The standard InChI is InChI=1S/C13H25N3/c1-6-10(3)8-12(14-7-2)13-9-11(4)15-16(13)5/h9-10,12,14H,6-8H2,1-5H3. The maximum atomic E-state index is 4.42. The molecule has 0 radical (unpaired) electrons. The van der Waals surface area contributed by atoms with Crippen molar-refractivity contribution in [3.8, 4) is 0 Å². The molecule has 0 spiro atoms. The third-order valence-corrected chi connectivity index (χ3v) is 3.18. The van der Waals surface area contributed by atoms with Crippen LogP contribution in [0.25, 0.3) is 0 Å². The summed E-state index contributed by atoms with van der Waals surface area (Å²) in [6, 6.07) is 2.63. The van der Waals surface area contributed by atoms with Gasteiger partial charge in [-0.2, -0.15) is 5.10 Å². The maximum Gasteiger partial charge on any atom is 0.0597 e. The first-order valence-electron chi connectivity index (χ1n) is 6.32. The lowest BCUT2D eigenvalue weighted by atomic mass is 9.97. The Balaban J connectivity index is 2.80. The molecule has 0 aliphatic heterocycles. The summed E-state index contributed by atoms with van der Waals surface area (Å²) in [5.41, 5.74) is 2.41. The van der Waals surface area contributed by atoms with Crippen LogP contribution in [0.15, 0.2) is 6.07 Å². The van der Waals surface area contributed by atoms with Crippen LogP contribution < -0.4 is 5.32 Å². The van der Waals surface area contributed by atoms with E-state index in [0.717, 1.165) is 18.2 Å². The molecule has 1 N–H and O–H groups in total. The Hall–Kier alpha value is -0.830. The molecule has 1 aromatic rings. The molecule has 0 aliphatic carbocycles. The van der Waals surface area contributed by atoms with Gasteiger partial charge in [-0.1, -0.05) is 27.2 Å². The van der Waals surface area contributed by atoms with Crippen LogP contribution in [0.1, 0.15) is 51.0 Å².